The Hall–Kier alpha value is -0.620. The number of hydrogen-bond donors (Lipinski definition) is 1. The van der Waals surface area contributed by atoms with Crippen LogP contribution in [0.2, 0.25) is 0 Å². The summed E-state index contributed by atoms with van der Waals surface area (Å²) in [6, 6.07) is 3.20. The third-order valence-electron chi connectivity index (χ3n) is 1.14. The molecule has 1 atom stereocenters. The van der Waals surface area contributed by atoms with Gasteiger partial charge in [-0.25, -0.2) is 4.99 Å². The topological polar surface area (TPSA) is 26.3 Å². The highest BCUT2D eigenvalue weighted by Crippen LogP contribution is 1.91. The highest BCUT2D eigenvalue weighted by atomic mass is 14.9. The maximum Gasteiger partial charge on any atom is 0.304 e. The maximum atomic E-state index is 3.99. The van der Waals surface area contributed by atoms with E-state index in [0.717, 1.165) is 13.0 Å². The average molecular weight is 97.1 g/mol. The largest absolute Gasteiger partial charge is 0.304 e. The zero-order valence-electron chi connectivity index (χ0n) is 4.44. The Morgan fingerprint density at radius 3 is 3.14 bits per heavy atom. The zero-order valence-corrected chi connectivity index (χ0v) is 4.44. The van der Waals surface area contributed by atoms with Crippen LogP contribution in [0.25, 0.3) is 0 Å². The molecule has 0 fully saturated rings. The second-order valence-corrected chi connectivity index (χ2v) is 1.68. The van der Waals surface area contributed by atoms with Crippen molar-refractivity contribution in [1.82, 2.24) is 0 Å². The molecular weight excluding hydrogens is 88.1 g/mol. The Kier molecular flexibility index (Phi) is 1.23. The molecule has 0 amide bonds. The molecule has 0 aliphatic carbocycles. The van der Waals surface area contributed by atoms with E-state index < -0.39 is 0 Å². The Morgan fingerprint density at radius 2 is 2.86 bits per heavy atom. The Balaban J connectivity index is 2.37. The van der Waals surface area contributed by atoms with Crippen LogP contribution < -0.4 is 4.99 Å². The molecule has 1 aliphatic heterocycles. The van der Waals surface area contributed by atoms with E-state index in [4.69, 9.17) is 0 Å². The quantitative estimate of drug-likeness (QED) is 0.436. The first-order chi connectivity index (χ1) is 3.43. The van der Waals surface area contributed by atoms with Crippen molar-refractivity contribution in [2.24, 2.45) is 4.99 Å². The third-order valence-corrected chi connectivity index (χ3v) is 1.14. The number of rotatable bonds is 1. The summed E-state index contributed by atoms with van der Waals surface area (Å²) in [6.07, 6.45) is 1.12. The molecule has 1 aliphatic rings. The minimum atomic E-state index is 0.500. The summed E-state index contributed by atoms with van der Waals surface area (Å²) < 4.78 is 0. The molecule has 0 aromatic carbocycles. The highest BCUT2D eigenvalue weighted by molar-refractivity contribution is 5.34. The average Bonchev–Trinajstić information content (AvgIpc) is 2.14. The van der Waals surface area contributed by atoms with Crippen LogP contribution >= 0.6 is 0 Å². The molecule has 0 aromatic heterocycles. The van der Waals surface area contributed by atoms with Gasteiger partial charge in [0.1, 0.15) is 6.54 Å². The van der Waals surface area contributed by atoms with Gasteiger partial charge in [0, 0.05) is 0 Å². The Bertz CT molecular complexity index is 111. The molecule has 1 unspecified atom stereocenters. The van der Waals surface area contributed by atoms with Gasteiger partial charge in [0.25, 0.3) is 0 Å². The first kappa shape index (κ1) is 4.54. The fourth-order valence-corrected chi connectivity index (χ4v) is 0.582. The predicted octanol–water partition coefficient (Wildman–Crippen LogP) is -0.967. The van der Waals surface area contributed by atoms with Crippen molar-refractivity contribution in [1.29, 1.82) is 0 Å². The molecule has 1 rings (SSSR count). The second-order valence-electron chi connectivity index (χ2n) is 1.68. The summed E-state index contributed by atoms with van der Waals surface area (Å²) in [6.45, 7) is 3.11. The van der Waals surface area contributed by atoms with Crippen molar-refractivity contribution >= 4 is 6.01 Å². The smallest absolute Gasteiger partial charge is 0.229 e. The molecule has 0 spiro atoms. The van der Waals surface area contributed by atoms with Gasteiger partial charge in [-0.15, -0.1) is 0 Å². The molecule has 1 heterocycles. The van der Waals surface area contributed by atoms with Crippen molar-refractivity contribution in [3.63, 3.8) is 0 Å². The summed E-state index contributed by atoms with van der Waals surface area (Å²) in [5, 5.41) is 0. The summed E-state index contributed by atoms with van der Waals surface area (Å²) in [5.74, 6) is 0. The summed E-state index contributed by atoms with van der Waals surface area (Å²) in [5.41, 5.74) is 0. The zero-order chi connectivity index (χ0) is 5.11. The van der Waals surface area contributed by atoms with Crippen LogP contribution in [0.3, 0.4) is 0 Å². The lowest BCUT2D eigenvalue weighted by molar-refractivity contribution is -0.444. The number of nitrogens with zero attached hydrogens (tertiary/aromatic N) is 1. The van der Waals surface area contributed by atoms with Gasteiger partial charge >= 0.3 is 6.01 Å². The molecule has 2 heteroatoms. The van der Waals surface area contributed by atoms with Gasteiger partial charge in [0.05, 0.1) is 0 Å². The number of nitrogens with one attached hydrogen (secondary N) is 1. The minimum absolute atomic E-state index is 0.500. The van der Waals surface area contributed by atoms with Gasteiger partial charge in [0.15, 0.2) is 6.04 Å². The van der Waals surface area contributed by atoms with E-state index in [1.54, 1.807) is 0 Å². The van der Waals surface area contributed by atoms with Gasteiger partial charge in [0.2, 0.25) is 0 Å². The molecule has 0 saturated heterocycles. The fourth-order valence-electron chi connectivity index (χ4n) is 0.582. The molecule has 2 nitrogen and oxygen atoms in total. The van der Waals surface area contributed by atoms with E-state index in [-0.39, 0.29) is 0 Å². The Morgan fingerprint density at radius 1 is 2.00 bits per heavy atom. The Labute approximate surface area is 43.0 Å². The normalized spacial score (nSPS) is 26.7. The molecule has 0 radical (unpaired) electrons. The van der Waals surface area contributed by atoms with Crippen LogP contribution in [-0.4, -0.2) is 18.6 Å². The van der Waals surface area contributed by atoms with Gasteiger partial charge in [-0.3, -0.25) is 0 Å². The summed E-state index contributed by atoms with van der Waals surface area (Å²) >= 11 is 0. The molecule has 1 N–H and O–H groups in total. The maximum absolute atomic E-state index is 3.99. The molecule has 38 valence electrons. The van der Waals surface area contributed by atoms with Crippen molar-refractivity contribution in [2.75, 3.05) is 6.54 Å². The van der Waals surface area contributed by atoms with Gasteiger partial charge in [-0.2, -0.15) is 0 Å². The van der Waals surface area contributed by atoms with Crippen LogP contribution in [0.4, 0.5) is 0 Å². The minimum Gasteiger partial charge on any atom is -0.229 e. The van der Waals surface area contributed by atoms with Crippen molar-refractivity contribution in [3.05, 3.63) is 0 Å². The van der Waals surface area contributed by atoms with Crippen LogP contribution in [0.5, 0.6) is 0 Å². The van der Waals surface area contributed by atoms with Crippen LogP contribution in [0.1, 0.15) is 13.3 Å². The molecule has 0 bridgehead atoms. The molecule has 0 saturated carbocycles. The third kappa shape index (κ3) is 0.875. The SMILES string of the molecule is CCC1C[NH+]=C=N1. The monoisotopic (exact) mass is 97.1 g/mol. The summed E-state index contributed by atoms with van der Waals surface area (Å²) in [4.78, 5) is 6.90. The lowest BCUT2D eigenvalue weighted by atomic mass is 10.2. The van der Waals surface area contributed by atoms with Crippen molar-refractivity contribution in [2.45, 2.75) is 19.4 Å². The number of hydrogen-bond acceptors (Lipinski definition) is 1. The second kappa shape index (κ2) is 1.90. The van der Waals surface area contributed by atoms with E-state index in [1.807, 2.05) is 0 Å². The van der Waals surface area contributed by atoms with Crippen LogP contribution in [0.15, 0.2) is 4.99 Å². The fraction of sp³-hybridized carbons (Fsp3) is 0.800. The van der Waals surface area contributed by atoms with E-state index >= 15 is 0 Å². The van der Waals surface area contributed by atoms with Crippen molar-refractivity contribution in [3.8, 4) is 0 Å². The molecular formula is C5H9N2+. The summed E-state index contributed by atoms with van der Waals surface area (Å²) in [7, 11) is 0. The van der Waals surface area contributed by atoms with Gasteiger partial charge in [-0.05, 0) is 11.4 Å². The van der Waals surface area contributed by atoms with E-state index in [2.05, 4.69) is 22.9 Å². The molecule has 0 aromatic rings. The van der Waals surface area contributed by atoms with Crippen LogP contribution in [-0.2, 0) is 0 Å². The van der Waals surface area contributed by atoms with E-state index in [9.17, 15) is 0 Å². The van der Waals surface area contributed by atoms with Gasteiger partial charge < -0.3 is 0 Å². The first-order valence-corrected chi connectivity index (χ1v) is 2.61. The highest BCUT2D eigenvalue weighted by Gasteiger charge is 2.12. The van der Waals surface area contributed by atoms with E-state index in [0.29, 0.717) is 6.04 Å². The molecule has 7 heavy (non-hydrogen) atoms. The first-order valence-electron chi connectivity index (χ1n) is 2.61. The van der Waals surface area contributed by atoms with Crippen molar-refractivity contribution < 1.29 is 4.99 Å². The van der Waals surface area contributed by atoms with Crippen LogP contribution in [0, 0.1) is 0 Å². The number of aliphatic imine (C=N–C) groups is 1. The van der Waals surface area contributed by atoms with Gasteiger partial charge in [-0.1, -0.05) is 6.92 Å². The van der Waals surface area contributed by atoms with E-state index in [1.165, 1.54) is 0 Å². The lowest BCUT2D eigenvalue weighted by Gasteiger charge is -1.86. The predicted molar refractivity (Wildman–Crippen MR) is 27.3 cm³/mol. The standard InChI is InChI=1S/C5H8N2/c1-2-5-3-6-4-7-5/h5H,2-3H2,1H3/p+1. The lowest BCUT2D eigenvalue weighted by Crippen LogP contribution is -2.67.